The summed E-state index contributed by atoms with van der Waals surface area (Å²) >= 11 is 0. The van der Waals surface area contributed by atoms with Crippen LogP contribution in [-0.2, 0) is 9.59 Å². The van der Waals surface area contributed by atoms with Crippen LogP contribution in [0, 0.1) is 5.92 Å². The number of carbonyl (C=O) groups is 2. The lowest BCUT2D eigenvalue weighted by Crippen LogP contribution is -2.41. The van der Waals surface area contributed by atoms with Gasteiger partial charge in [-0.2, -0.15) is 0 Å². The number of anilines is 1. The molecule has 1 aromatic rings. The van der Waals surface area contributed by atoms with Crippen LogP contribution in [0.2, 0.25) is 0 Å². The van der Waals surface area contributed by atoms with Gasteiger partial charge >= 0.3 is 11.8 Å². The summed E-state index contributed by atoms with van der Waals surface area (Å²) in [4.78, 5) is 23.9. The zero-order chi connectivity index (χ0) is 16.8. The van der Waals surface area contributed by atoms with Gasteiger partial charge in [0.05, 0.1) is 6.10 Å². The van der Waals surface area contributed by atoms with Crippen molar-refractivity contribution >= 4 is 17.5 Å². The highest BCUT2D eigenvalue weighted by Crippen LogP contribution is 2.23. The molecule has 0 aliphatic heterocycles. The highest BCUT2D eigenvalue weighted by Gasteiger charge is 2.24. The molecule has 5 nitrogen and oxygen atoms in total. The van der Waals surface area contributed by atoms with Crippen LogP contribution in [0.4, 0.5) is 5.69 Å². The Kier molecular flexibility index (Phi) is 6.16. The van der Waals surface area contributed by atoms with Crippen molar-refractivity contribution in [3.63, 3.8) is 0 Å². The number of benzene rings is 1. The van der Waals surface area contributed by atoms with Crippen molar-refractivity contribution in [2.24, 2.45) is 5.92 Å². The molecule has 1 aliphatic rings. The van der Waals surface area contributed by atoms with E-state index >= 15 is 0 Å². The summed E-state index contributed by atoms with van der Waals surface area (Å²) in [6.45, 7) is 4.49. The Labute approximate surface area is 137 Å². The molecule has 5 heteroatoms. The van der Waals surface area contributed by atoms with E-state index in [1.54, 1.807) is 6.07 Å². The van der Waals surface area contributed by atoms with E-state index in [-0.39, 0.29) is 12.0 Å². The molecule has 0 aromatic heterocycles. The van der Waals surface area contributed by atoms with Gasteiger partial charge in [0.1, 0.15) is 0 Å². The number of hydrogen-bond donors (Lipinski definition) is 3. The standard InChI is InChI=1S/C18H26N2O3/c1-12(2)13-7-5-8-15(10-13)20-18(23)17(22)19-11-14-6-3-4-9-16(14)21/h5,7-8,10,12,14,16,21H,3-4,6,9,11H2,1-2H3,(H,19,22)(H,20,23)/t14-,16+/m0/s1. The first-order valence-electron chi connectivity index (χ1n) is 8.34. The quantitative estimate of drug-likeness (QED) is 0.746. The van der Waals surface area contributed by atoms with Gasteiger partial charge in [-0.3, -0.25) is 9.59 Å². The molecule has 2 rings (SSSR count). The first-order chi connectivity index (χ1) is 11.0. The normalized spacial score (nSPS) is 21.0. The van der Waals surface area contributed by atoms with Crippen LogP contribution in [-0.4, -0.2) is 29.6 Å². The highest BCUT2D eigenvalue weighted by atomic mass is 16.3. The molecule has 1 aromatic carbocycles. The summed E-state index contributed by atoms with van der Waals surface area (Å²) < 4.78 is 0. The lowest BCUT2D eigenvalue weighted by Gasteiger charge is -2.27. The minimum Gasteiger partial charge on any atom is -0.393 e. The van der Waals surface area contributed by atoms with E-state index in [0.29, 0.717) is 18.2 Å². The molecule has 1 fully saturated rings. The summed E-state index contributed by atoms with van der Waals surface area (Å²) in [6.07, 6.45) is 3.37. The lowest BCUT2D eigenvalue weighted by molar-refractivity contribution is -0.136. The molecule has 0 unspecified atom stereocenters. The summed E-state index contributed by atoms with van der Waals surface area (Å²) in [7, 11) is 0. The second-order valence-corrected chi connectivity index (χ2v) is 6.56. The third-order valence-corrected chi connectivity index (χ3v) is 4.41. The Bertz CT molecular complexity index is 557. The fraction of sp³-hybridized carbons (Fsp3) is 0.556. The van der Waals surface area contributed by atoms with Gasteiger partial charge in [0.2, 0.25) is 0 Å². The van der Waals surface area contributed by atoms with Crippen LogP contribution in [0.25, 0.3) is 0 Å². The number of carbonyl (C=O) groups excluding carboxylic acids is 2. The molecular weight excluding hydrogens is 292 g/mol. The third kappa shape index (κ3) is 5.06. The van der Waals surface area contributed by atoms with Crippen LogP contribution < -0.4 is 10.6 Å². The van der Waals surface area contributed by atoms with E-state index in [4.69, 9.17) is 0 Å². The highest BCUT2D eigenvalue weighted by molar-refractivity contribution is 6.39. The van der Waals surface area contributed by atoms with Crippen LogP contribution in [0.1, 0.15) is 51.0 Å². The number of amides is 2. The van der Waals surface area contributed by atoms with E-state index in [1.807, 2.05) is 18.2 Å². The summed E-state index contributed by atoms with van der Waals surface area (Å²) in [5.41, 5.74) is 1.72. The third-order valence-electron chi connectivity index (χ3n) is 4.41. The molecule has 0 saturated heterocycles. The van der Waals surface area contributed by atoms with Gasteiger partial charge in [-0.25, -0.2) is 0 Å². The number of aliphatic hydroxyl groups is 1. The van der Waals surface area contributed by atoms with Gasteiger partial charge in [0, 0.05) is 18.2 Å². The molecule has 126 valence electrons. The van der Waals surface area contributed by atoms with Crippen molar-refractivity contribution in [1.82, 2.24) is 5.32 Å². The zero-order valence-electron chi connectivity index (χ0n) is 13.8. The molecule has 2 amide bonds. The first-order valence-corrected chi connectivity index (χ1v) is 8.34. The van der Waals surface area contributed by atoms with Gasteiger partial charge < -0.3 is 15.7 Å². The molecule has 1 saturated carbocycles. The second kappa shape index (κ2) is 8.11. The molecule has 1 aliphatic carbocycles. The van der Waals surface area contributed by atoms with E-state index in [1.165, 1.54) is 0 Å². The maximum atomic E-state index is 12.0. The monoisotopic (exact) mass is 318 g/mol. The van der Waals surface area contributed by atoms with Crippen molar-refractivity contribution < 1.29 is 14.7 Å². The predicted molar refractivity (Wildman–Crippen MR) is 90.1 cm³/mol. The average molecular weight is 318 g/mol. The Morgan fingerprint density at radius 1 is 1.22 bits per heavy atom. The Morgan fingerprint density at radius 2 is 1.96 bits per heavy atom. The topological polar surface area (TPSA) is 78.4 Å². The molecule has 0 radical (unpaired) electrons. The van der Waals surface area contributed by atoms with Crippen molar-refractivity contribution in [3.05, 3.63) is 29.8 Å². The van der Waals surface area contributed by atoms with Crippen molar-refractivity contribution in [2.45, 2.75) is 51.6 Å². The van der Waals surface area contributed by atoms with Crippen molar-refractivity contribution in [3.8, 4) is 0 Å². The summed E-state index contributed by atoms with van der Waals surface area (Å²) in [6, 6.07) is 7.49. The van der Waals surface area contributed by atoms with Crippen molar-refractivity contribution in [1.29, 1.82) is 0 Å². The molecule has 0 spiro atoms. The Balaban J connectivity index is 1.85. The van der Waals surface area contributed by atoms with Gasteiger partial charge in [0.15, 0.2) is 0 Å². The molecule has 3 N–H and O–H groups in total. The van der Waals surface area contributed by atoms with Crippen LogP contribution >= 0.6 is 0 Å². The van der Waals surface area contributed by atoms with E-state index in [2.05, 4.69) is 24.5 Å². The fourth-order valence-corrected chi connectivity index (χ4v) is 2.89. The Morgan fingerprint density at radius 3 is 2.65 bits per heavy atom. The molecular formula is C18H26N2O3. The largest absolute Gasteiger partial charge is 0.393 e. The number of nitrogens with one attached hydrogen (secondary N) is 2. The summed E-state index contributed by atoms with van der Waals surface area (Å²) in [5.74, 6) is -0.924. The van der Waals surface area contributed by atoms with E-state index in [0.717, 1.165) is 31.2 Å². The van der Waals surface area contributed by atoms with Crippen LogP contribution in [0.5, 0.6) is 0 Å². The number of hydrogen-bond acceptors (Lipinski definition) is 3. The maximum absolute atomic E-state index is 12.0. The van der Waals surface area contributed by atoms with Crippen LogP contribution in [0.15, 0.2) is 24.3 Å². The first kappa shape index (κ1) is 17.5. The van der Waals surface area contributed by atoms with Gasteiger partial charge in [0.25, 0.3) is 0 Å². The Hall–Kier alpha value is -1.88. The molecule has 0 bridgehead atoms. The maximum Gasteiger partial charge on any atom is 0.313 e. The van der Waals surface area contributed by atoms with E-state index in [9.17, 15) is 14.7 Å². The lowest BCUT2D eigenvalue weighted by atomic mass is 9.86. The van der Waals surface area contributed by atoms with Gasteiger partial charge in [-0.1, -0.05) is 38.8 Å². The van der Waals surface area contributed by atoms with Gasteiger partial charge in [-0.15, -0.1) is 0 Å². The van der Waals surface area contributed by atoms with Crippen molar-refractivity contribution in [2.75, 3.05) is 11.9 Å². The zero-order valence-corrected chi connectivity index (χ0v) is 13.8. The second-order valence-electron chi connectivity index (χ2n) is 6.56. The average Bonchev–Trinajstić information content (AvgIpc) is 2.54. The van der Waals surface area contributed by atoms with E-state index < -0.39 is 11.8 Å². The SMILES string of the molecule is CC(C)c1cccc(NC(=O)C(=O)NC[C@@H]2CCCC[C@H]2O)c1. The number of aliphatic hydroxyl groups excluding tert-OH is 1. The van der Waals surface area contributed by atoms with Crippen LogP contribution in [0.3, 0.4) is 0 Å². The molecule has 23 heavy (non-hydrogen) atoms. The van der Waals surface area contributed by atoms with Gasteiger partial charge in [-0.05, 0) is 36.5 Å². The molecule has 0 heterocycles. The minimum atomic E-state index is -0.670. The molecule has 2 atom stereocenters. The summed E-state index contributed by atoms with van der Waals surface area (Å²) in [5, 5.41) is 15.1. The minimum absolute atomic E-state index is 0.0461. The number of rotatable bonds is 4. The fourth-order valence-electron chi connectivity index (χ4n) is 2.89. The predicted octanol–water partition coefficient (Wildman–Crippen LogP) is 2.42. The smallest absolute Gasteiger partial charge is 0.313 e.